The molecular formula is C23H24ClN5O2. The zero-order valence-electron chi connectivity index (χ0n) is 17.3. The van der Waals surface area contributed by atoms with Gasteiger partial charge in [0.05, 0.1) is 24.3 Å². The van der Waals surface area contributed by atoms with Crippen LogP contribution in [0.15, 0.2) is 46.0 Å². The molecule has 0 spiro atoms. The van der Waals surface area contributed by atoms with Crippen LogP contribution in [0, 0.1) is 11.8 Å². The van der Waals surface area contributed by atoms with Gasteiger partial charge in [-0.2, -0.15) is 0 Å². The maximum atomic E-state index is 13.3. The van der Waals surface area contributed by atoms with Gasteiger partial charge in [-0.15, -0.1) is 5.92 Å². The van der Waals surface area contributed by atoms with E-state index < -0.39 is 5.69 Å². The first-order valence-electron chi connectivity index (χ1n) is 10.3. The average molecular weight is 438 g/mol. The number of piperidine rings is 1. The molecule has 8 heteroatoms. The third-order valence-electron chi connectivity index (χ3n) is 5.48. The standard InChI is InChI=1S/C23H24ClN5O2/c1-2-3-11-28-21(27-10-4-5-18(25)14-27)13-22(30)29(23(28)31)15-19-9-7-16-6-8-17(24)12-20(16)26-19/h6-9,12-13,18H,4-5,10-11,14-15,25H2,1H3/t18-/m1/s1. The molecule has 1 aliphatic heterocycles. The Labute approximate surface area is 185 Å². The Morgan fingerprint density at radius 2 is 2.00 bits per heavy atom. The molecule has 1 saturated heterocycles. The van der Waals surface area contributed by atoms with Gasteiger partial charge in [-0.05, 0) is 38.0 Å². The minimum absolute atomic E-state index is 0.0191. The van der Waals surface area contributed by atoms with Crippen LogP contribution >= 0.6 is 11.6 Å². The zero-order chi connectivity index (χ0) is 22.0. The summed E-state index contributed by atoms with van der Waals surface area (Å²) in [6.07, 6.45) is 1.85. The number of anilines is 1. The van der Waals surface area contributed by atoms with Crippen LogP contribution in [-0.2, 0) is 13.1 Å². The molecule has 2 aromatic heterocycles. The van der Waals surface area contributed by atoms with E-state index in [0.29, 0.717) is 28.6 Å². The van der Waals surface area contributed by atoms with Crippen LogP contribution < -0.4 is 21.9 Å². The summed E-state index contributed by atoms with van der Waals surface area (Å²) >= 11 is 6.08. The van der Waals surface area contributed by atoms with Gasteiger partial charge in [0.1, 0.15) is 5.82 Å². The predicted octanol–water partition coefficient (Wildman–Crippen LogP) is 2.21. The van der Waals surface area contributed by atoms with Gasteiger partial charge in [-0.1, -0.05) is 29.7 Å². The van der Waals surface area contributed by atoms with E-state index in [0.717, 1.165) is 24.8 Å². The highest BCUT2D eigenvalue weighted by Crippen LogP contribution is 2.19. The van der Waals surface area contributed by atoms with Gasteiger partial charge in [-0.25, -0.2) is 4.79 Å². The lowest BCUT2D eigenvalue weighted by Gasteiger charge is -2.33. The summed E-state index contributed by atoms with van der Waals surface area (Å²) in [6, 6.07) is 10.7. The van der Waals surface area contributed by atoms with Gasteiger partial charge < -0.3 is 10.6 Å². The zero-order valence-corrected chi connectivity index (χ0v) is 18.1. The first-order chi connectivity index (χ1) is 15.0. The van der Waals surface area contributed by atoms with Crippen LogP contribution in [0.1, 0.15) is 25.5 Å². The monoisotopic (exact) mass is 437 g/mol. The number of aromatic nitrogens is 3. The van der Waals surface area contributed by atoms with Crippen molar-refractivity contribution in [3.63, 3.8) is 0 Å². The van der Waals surface area contributed by atoms with Gasteiger partial charge in [-0.3, -0.25) is 18.9 Å². The van der Waals surface area contributed by atoms with E-state index in [4.69, 9.17) is 17.3 Å². The van der Waals surface area contributed by atoms with E-state index in [1.807, 2.05) is 23.1 Å². The highest BCUT2D eigenvalue weighted by atomic mass is 35.5. The lowest BCUT2D eigenvalue weighted by atomic mass is 10.1. The van der Waals surface area contributed by atoms with Crippen LogP contribution in [0.5, 0.6) is 0 Å². The van der Waals surface area contributed by atoms with Crippen LogP contribution in [0.2, 0.25) is 5.02 Å². The molecule has 1 fully saturated rings. The summed E-state index contributed by atoms with van der Waals surface area (Å²) in [5.41, 5.74) is 6.67. The number of pyridine rings is 1. The smallest absolute Gasteiger partial charge is 0.333 e. The Morgan fingerprint density at radius 3 is 2.77 bits per heavy atom. The molecule has 3 aromatic rings. The third kappa shape index (κ3) is 4.50. The van der Waals surface area contributed by atoms with Gasteiger partial charge in [0.25, 0.3) is 5.56 Å². The lowest BCUT2D eigenvalue weighted by molar-refractivity contribution is 0.491. The van der Waals surface area contributed by atoms with Crippen molar-refractivity contribution >= 4 is 28.3 Å². The maximum Gasteiger partial charge on any atom is 0.333 e. The normalized spacial score (nSPS) is 16.2. The quantitative estimate of drug-likeness (QED) is 0.632. The summed E-state index contributed by atoms with van der Waals surface area (Å²) in [7, 11) is 0. The molecule has 31 heavy (non-hydrogen) atoms. The van der Waals surface area contributed by atoms with E-state index in [1.165, 1.54) is 10.6 Å². The van der Waals surface area contributed by atoms with E-state index in [9.17, 15) is 9.59 Å². The third-order valence-corrected chi connectivity index (χ3v) is 5.72. The SMILES string of the molecule is CC#CCn1c(N2CCC[C@@H](N)C2)cc(=O)n(Cc2ccc3ccc(Cl)cc3n2)c1=O. The van der Waals surface area contributed by atoms with Crippen molar-refractivity contribution in [1.82, 2.24) is 14.1 Å². The molecule has 0 amide bonds. The number of rotatable bonds is 4. The molecule has 0 radical (unpaired) electrons. The van der Waals surface area contributed by atoms with Crippen molar-refractivity contribution in [3.05, 3.63) is 68.0 Å². The molecule has 0 saturated carbocycles. The highest BCUT2D eigenvalue weighted by Gasteiger charge is 2.22. The number of fused-ring (bicyclic) bond motifs is 1. The van der Waals surface area contributed by atoms with Crippen molar-refractivity contribution in [3.8, 4) is 11.8 Å². The molecule has 0 aliphatic carbocycles. The van der Waals surface area contributed by atoms with Crippen molar-refractivity contribution < 1.29 is 0 Å². The molecule has 160 valence electrons. The second-order valence-electron chi connectivity index (χ2n) is 7.71. The van der Waals surface area contributed by atoms with E-state index in [2.05, 4.69) is 16.8 Å². The Bertz CT molecular complexity index is 1300. The Morgan fingerprint density at radius 1 is 1.19 bits per heavy atom. The van der Waals surface area contributed by atoms with Crippen molar-refractivity contribution in [2.45, 2.75) is 38.9 Å². The molecule has 1 aromatic carbocycles. The molecule has 1 aliphatic rings. The summed E-state index contributed by atoms with van der Waals surface area (Å²) < 4.78 is 2.75. The summed E-state index contributed by atoms with van der Waals surface area (Å²) in [6.45, 7) is 3.36. The lowest BCUT2D eigenvalue weighted by Crippen LogP contribution is -2.48. The Kier molecular flexibility index (Phi) is 6.12. The minimum Gasteiger partial charge on any atom is -0.356 e. The van der Waals surface area contributed by atoms with Gasteiger partial charge in [0.15, 0.2) is 0 Å². The largest absolute Gasteiger partial charge is 0.356 e. The van der Waals surface area contributed by atoms with E-state index >= 15 is 0 Å². The first-order valence-corrected chi connectivity index (χ1v) is 10.6. The van der Waals surface area contributed by atoms with Crippen LogP contribution in [0.3, 0.4) is 0 Å². The topological polar surface area (TPSA) is 86.2 Å². The fraction of sp³-hybridized carbons (Fsp3) is 0.348. The molecule has 1 atom stereocenters. The molecule has 0 unspecified atom stereocenters. The number of hydrogen-bond acceptors (Lipinski definition) is 5. The van der Waals surface area contributed by atoms with Gasteiger partial charge >= 0.3 is 5.69 Å². The number of nitrogens with zero attached hydrogens (tertiary/aromatic N) is 4. The van der Waals surface area contributed by atoms with Gasteiger partial charge in [0, 0.05) is 35.6 Å². The Hall–Kier alpha value is -3.08. The van der Waals surface area contributed by atoms with Crippen LogP contribution in [-0.4, -0.2) is 33.2 Å². The van der Waals surface area contributed by atoms with Crippen molar-refractivity contribution in [1.29, 1.82) is 0 Å². The van der Waals surface area contributed by atoms with Crippen LogP contribution in [0.25, 0.3) is 10.9 Å². The molecule has 0 bridgehead atoms. The van der Waals surface area contributed by atoms with Gasteiger partial charge in [0.2, 0.25) is 0 Å². The number of halogens is 1. The average Bonchev–Trinajstić information content (AvgIpc) is 2.75. The summed E-state index contributed by atoms with van der Waals surface area (Å²) in [4.78, 5) is 32.8. The fourth-order valence-corrected chi connectivity index (χ4v) is 4.09. The molecule has 4 rings (SSSR count). The maximum absolute atomic E-state index is 13.3. The summed E-state index contributed by atoms with van der Waals surface area (Å²) in [5, 5.41) is 1.52. The van der Waals surface area contributed by atoms with E-state index in [1.54, 1.807) is 23.6 Å². The number of nitrogens with two attached hydrogens (primary N) is 1. The fourth-order valence-electron chi connectivity index (χ4n) is 3.92. The van der Waals surface area contributed by atoms with E-state index in [-0.39, 0.29) is 24.7 Å². The van der Waals surface area contributed by atoms with Crippen LogP contribution in [0.4, 0.5) is 5.82 Å². The second kappa shape index (κ2) is 8.96. The van der Waals surface area contributed by atoms with Crippen molar-refractivity contribution in [2.75, 3.05) is 18.0 Å². The molecule has 2 N–H and O–H groups in total. The molecule has 7 nitrogen and oxygen atoms in total. The molecular weight excluding hydrogens is 414 g/mol. The Balaban J connectivity index is 1.76. The minimum atomic E-state index is -0.405. The summed E-state index contributed by atoms with van der Waals surface area (Å²) in [5.74, 6) is 6.34. The number of benzene rings is 1. The predicted molar refractivity (Wildman–Crippen MR) is 124 cm³/mol. The second-order valence-corrected chi connectivity index (χ2v) is 8.15. The molecule has 3 heterocycles. The first kappa shape index (κ1) is 21.2. The highest BCUT2D eigenvalue weighted by molar-refractivity contribution is 6.31. The number of hydrogen-bond donors (Lipinski definition) is 1. The van der Waals surface area contributed by atoms with Crippen molar-refractivity contribution in [2.24, 2.45) is 5.73 Å².